The molecule has 0 bridgehead atoms. The molecule has 8 heteroatoms. The average molecular weight is 297 g/mol. The third kappa shape index (κ3) is 2.85. The molecule has 1 aromatic carbocycles. The summed E-state index contributed by atoms with van der Waals surface area (Å²) < 4.78 is 26.6. The van der Waals surface area contributed by atoms with Gasteiger partial charge in [-0.1, -0.05) is 12.1 Å². The lowest BCUT2D eigenvalue weighted by Crippen LogP contribution is -2.18. The zero-order chi connectivity index (χ0) is 14.0. The predicted molar refractivity (Wildman–Crippen MR) is 74.5 cm³/mol. The first kappa shape index (κ1) is 13.4. The van der Waals surface area contributed by atoms with Gasteiger partial charge in [-0.3, -0.25) is 9.52 Å². The van der Waals surface area contributed by atoms with Gasteiger partial charge >= 0.3 is 0 Å². The third-order valence-electron chi connectivity index (χ3n) is 2.30. The normalized spacial score (nSPS) is 11.2. The Balaban J connectivity index is 2.39. The van der Waals surface area contributed by atoms with Gasteiger partial charge in [0.1, 0.15) is 4.21 Å². The fourth-order valence-electron chi connectivity index (χ4n) is 1.45. The molecule has 5 N–H and O–H groups in total. The molecule has 1 amide bonds. The number of benzene rings is 1. The molecule has 0 aliphatic carbocycles. The summed E-state index contributed by atoms with van der Waals surface area (Å²) in [6, 6.07) is 7.46. The number of nitrogens with two attached hydrogens (primary N) is 2. The maximum atomic E-state index is 12.1. The van der Waals surface area contributed by atoms with E-state index in [4.69, 9.17) is 11.5 Å². The van der Waals surface area contributed by atoms with Crippen LogP contribution in [0, 0.1) is 0 Å². The van der Waals surface area contributed by atoms with Gasteiger partial charge in [-0.2, -0.15) is 0 Å². The highest BCUT2D eigenvalue weighted by atomic mass is 32.2. The molecule has 19 heavy (non-hydrogen) atoms. The summed E-state index contributed by atoms with van der Waals surface area (Å²) in [7, 11) is -3.77. The minimum atomic E-state index is -3.77. The smallest absolute Gasteiger partial charge is 0.271 e. The minimum absolute atomic E-state index is 0.0734. The molecule has 0 saturated heterocycles. The molecule has 2 rings (SSSR count). The van der Waals surface area contributed by atoms with Crippen LogP contribution in [-0.4, -0.2) is 14.3 Å². The van der Waals surface area contributed by atoms with Gasteiger partial charge in [-0.05, 0) is 18.2 Å². The Bertz CT molecular complexity index is 722. The molecule has 0 spiro atoms. The molecule has 1 heterocycles. The SMILES string of the molecule is NC(=O)c1ccccc1NS(=O)(=O)c1cc(N)cs1. The van der Waals surface area contributed by atoms with E-state index in [0.29, 0.717) is 5.69 Å². The van der Waals surface area contributed by atoms with E-state index < -0.39 is 15.9 Å². The quantitative estimate of drug-likeness (QED) is 0.787. The fraction of sp³-hybridized carbons (Fsp3) is 0. The van der Waals surface area contributed by atoms with Gasteiger partial charge < -0.3 is 11.5 Å². The number of sulfonamides is 1. The largest absolute Gasteiger partial charge is 0.398 e. The van der Waals surface area contributed by atoms with E-state index in [1.807, 2.05) is 0 Å². The highest BCUT2D eigenvalue weighted by Crippen LogP contribution is 2.25. The summed E-state index contributed by atoms with van der Waals surface area (Å²) >= 11 is 0.998. The average Bonchev–Trinajstić information content (AvgIpc) is 2.76. The number of hydrogen-bond donors (Lipinski definition) is 3. The summed E-state index contributed by atoms with van der Waals surface area (Å²) in [4.78, 5) is 11.2. The van der Waals surface area contributed by atoms with Gasteiger partial charge in [-0.15, -0.1) is 11.3 Å². The highest BCUT2D eigenvalue weighted by Gasteiger charge is 2.19. The highest BCUT2D eigenvalue weighted by molar-refractivity contribution is 7.94. The monoisotopic (exact) mass is 297 g/mol. The van der Waals surface area contributed by atoms with Crippen LogP contribution in [0.1, 0.15) is 10.4 Å². The van der Waals surface area contributed by atoms with Crippen LogP contribution in [0.3, 0.4) is 0 Å². The van der Waals surface area contributed by atoms with Crippen molar-refractivity contribution in [3.63, 3.8) is 0 Å². The number of anilines is 2. The third-order valence-corrected chi connectivity index (χ3v) is 5.12. The molecule has 0 unspecified atom stereocenters. The van der Waals surface area contributed by atoms with Crippen molar-refractivity contribution in [2.45, 2.75) is 4.21 Å². The molecule has 100 valence electrons. The van der Waals surface area contributed by atoms with E-state index in [1.165, 1.54) is 23.6 Å². The molecule has 0 radical (unpaired) electrons. The number of primary amides is 1. The lowest BCUT2D eigenvalue weighted by atomic mass is 10.2. The van der Waals surface area contributed by atoms with Crippen molar-refractivity contribution in [1.82, 2.24) is 0 Å². The van der Waals surface area contributed by atoms with Crippen molar-refractivity contribution < 1.29 is 13.2 Å². The number of amides is 1. The van der Waals surface area contributed by atoms with Crippen LogP contribution in [0.15, 0.2) is 39.9 Å². The summed E-state index contributed by atoms with van der Waals surface area (Å²) in [6.45, 7) is 0. The minimum Gasteiger partial charge on any atom is -0.398 e. The topological polar surface area (TPSA) is 115 Å². The molecule has 0 fully saturated rings. The number of hydrogen-bond acceptors (Lipinski definition) is 5. The van der Waals surface area contributed by atoms with E-state index in [9.17, 15) is 13.2 Å². The molecule has 1 aromatic heterocycles. The molecular weight excluding hydrogens is 286 g/mol. The van der Waals surface area contributed by atoms with Crippen LogP contribution >= 0.6 is 11.3 Å². The lowest BCUT2D eigenvalue weighted by Gasteiger charge is -2.09. The molecule has 0 aliphatic rings. The molecule has 0 aliphatic heterocycles. The Morgan fingerprint density at radius 2 is 1.95 bits per heavy atom. The molecule has 0 saturated carbocycles. The number of nitrogen functional groups attached to an aromatic ring is 1. The summed E-state index contributed by atoms with van der Waals surface area (Å²) in [5, 5.41) is 1.52. The summed E-state index contributed by atoms with van der Waals surface area (Å²) in [6.07, 6.45) is 0. The van der Waals surface area contributed by atoms with Gasteiger partial charge in [-0.25, -0.2) is 8.42 Å². The van der Waals surface area contributed by atoms with Crippen molar-refractivity contribution in [1.29, 1.82) is 0 Å². The lowest BCUT2D eigenvalue weighted by molar-refractivity contribution is 0.100. The number of nitrogens with one attached hydrogen (secondary N) is 1. The molecule has 0 atom stereocenters. The Hall–Kier alpha value is -2.06. The Morgan fingerprint density at radius 3 is 2.53 bits per heavy atom. The first-order valence-corrected chi connectivity index (χ1v) is 7.52. The van der Waals surface area contributed by atoms with Crippen LogP contribution in [-0.2, 0) is 10.0 Å². The zero-order valence-corrected chi connectivity index (χ0v) is 11.3. The van der Waals surface area contributed by atoms with E-state index >= 15 is 0 Å². The second-order valence-corrected chi connectivity index (χ2v) is 6.53. The van der Waals surface area contributed by atoms with Gasteiger partial charge in [0.15, 0.2) is 0 Å². The number of carbonyl (C=O) groups excluding carboxylic acids is 1. The molecule has 2 aromatic rings. The second-order valence-electron chi connectivity index (χ2n) is 3.71. The van der Waals surface area contributed by atoms with Crippen LogP contribution in [0.4, 0.5) is 11.4 Å². The van der Waals surface area contributed by atoms with Crippen molar-refractivity contribution in [2.24, 2.45) is 5.73 Å². The predicted octanol–water partition coefficient (Wildman–Crippen LogP) is 1.23. The maximum absolute atomic E-state index is 12.1. The van der Waals surface area contributed by atoms with Gasteiger partial charge in [0.05, 0.1) is 11.3 Å². The van der Waals surface area contributed by atoms with E-state index in [2.05, 4.69) is 4.72 Å². The van der Waals surface area contributed by atoms with Crippen molar-refractivity contribution in [2.75, 3.05) is 10.5 Å². The Morgan fingerprint density at radius 1 is 1.26 bits per heavy atom. The van der Waals surface area contributed by atoms with Crippen LogP contribution in [0.25, 0.3) is 0 Å². The first-order chi connectivity index (χ1) is 8.90. The van der Waals surface area contributed by atoms with E-state index in [0.717, 1.165) is 11.3 Å². The maximum Gasteiger partial charge on any atom is 0.271 e. The van der Waals surface area contributed by atoms with Crippen LogP contribution in [0.5, 0.6) is 0 Å². The van der Waals surface area contributed by atoms with E-state index in [1.54, 1.807) is 12.1 Å². The fourth-order valence-corrected chi connectivity index (χ4v) is 3.61. The van der Waals surface area contributed by atoms with Gasteiger partial charge in [0.2, 0.25) is 0 Å². The molecule has 6 nitrogen and oxygen atoms in total. The number of para-hydroxylation sites is 1. The van der Waals surface area contributed by atoms with Gasteiger partial charge in [0.25, 0.3) is 15.9 Å². The van der Waals surface area contributed by atoms with Gasteiger partial charge in [0, 0.05) is 11.1 Å². The summed E-state index contributed by atoms with van der Waals surface area (Å²) in [5.41, 5.74) is 11.3. The number of carbonyl (C=O) groups is 1. The Kier molecular flexibility index (Phi) is 3.45. The van der Waals surface area contributed by atoms with E-state index in [-0.39, 0.29) is 15.5 Å². The standard InChI is InChI=1S/C11H11N3O3S2/c12-7-5-10(18-6-7)19(16,17)14-9-4-2-1-3-8(9)11(13)15/h1-6,14H,12H2,(H2,13,15). The molecular formula is C11H11N3O3S2. The van der Waals surface area contributed by atoms with Crippen molar-refractivity contribution >= 4 is 38.6 Å². The first-order valence-electron chi connectivity index (χ1n) is 5.16. The summed E-state index contributed by atoms with van der Waals surface area (Å²) in [5.74, 6) is -0.705. The second kappa shape index (κ2) is 4.90. The zero-order valence-electron chi connectivity index (χ0n) is 9.66. The van der Waals surface area contributed by atoms with Crippen molar-refractivity contribution in [3.05, 3.63) is 41.3 Å². The van der Waals surface area contributed by atoms with Crippen LogP contribution < -0.4 is 16.2 Å². The van der Waals surface area contributed by atoms with Crippen LogP contribution in [0.2, 0.25) is 0 Å². The Labute approximate surface area is 114 Å². The number of rotatable bonds is 4. The number of thiophene rings is 1. The van der Waals surface area contributed by atoms with Crippen molar-refractivity contribution in [3.8, 4) is 0 Å².